The van der Waals surface area contributed by atoms with E-state index in [0.29, 0.717) is 17.8 Å². The van der Waals surface area contributed by atoms with Gasteiger partial charge in [0, 0.05) is 12.1 Å². The molecule has 0 aliphatic heterocycles. The lowest BCUT2D eigenvalue weighted by Gasteiger charge is -2.13. The third kappa shape index (κ3) is 4.39. The number of nitrogens with one attached hydrogen (secondary N) is 1. The van der Waals surface area contributed by atoms with Crippen molar-refractivity contribution in [3.8, 4) is 10.6 Å². The van der Waals surface area contributed by atoms with Crippen molar-refractivity contribution in [2.24, 2.45) is 5.92 Å². The van der Waals surface area contributed by atoms with E-state index in [4.69, 9.17) is 0 Å². The van der Waals surface area contributed by atoms with Crippen LogP contribution in [0.5, 0.6) is 0 Å². The highest BCUT2D eigenvalue weighted by molar-refractivity contribution is 7.17. The summed E-state index contributed by atoms with van der Waals surface area (Å²) < 4.78 is 0. The SMILES string of the molecule is Cc1nc(-c2ccccc2)sc1C(=O)NCC(C)CC(C)O. The molecule has 0 spiro atoms. The zero-order valence-corrected chi connectivity index (χ0v) is 14.0. The number of carbonyl (C=O) groups is 1. The summed E-state index contributed by atoms with van der Waals surface area (Å²) in [5.41, 5.74) is 1.78. The van der Waals surface area contributed by atoms with Gasteiger partial charge >= 0.3 is 0 Å². The summed E-state index contributed by atoms with van der Waals surface area (Å²) in [6.45, 7) is 6.19. The van der Waals surface area contributed by atoms with Gasteiger partial charge in [-0.25, -0.2) is 4.98 Å². The van der Waals surface area contributed by atoms with Crippen molar-refractivity contribution in [3.63, 3.8) is 0 Å². The maximum absolute atomic E-state index is 12.3. The van der Waals surface area contributed by atoms with Crippen molar-refractivity contribution in [1.29, 1.82) is 0 Å². The van der Waals surface area contributed by atoms with Gasteiger partial charge in [-0.1, -0.05) is 37.3 Å². The highest BCUT2D eigenvalue weighted by Crippen LogP contribution is 2.27. The Hall–Kier alpha value is -1.72. The number of nitrogens with zero attached hydrogens (tertiary/aromatic N) is 1. The second kappa shape index (κ2) is 7.51. The minimum atomic E-state index is -0.346. The van der Waals surface area contributed by atoms with Crippen LogP contribution in [0.25, 0.3) is 10.6 Å². The molecule has 1 aromatic heterocycles. The summed E-state index contributed by atoms with van der Waals surface area (Å²) in [6.07, 6.45) is 0.332. The summed E-state index contributed by atoms with van der Waals surface area (Å²) in [5, 5.41) is 13.1. The molecule has 22 heavy (non-hydrogen) atoms. The summed E-state index contributed by atoms with van der Waals surface area (Å²) in [6, 6.07) is 9.86. The van der Waals surface area contributed by atoms with Crippen LogP contribution < -0.4 is 5.32 Å². The van der Waals surface area contributed by atoms with Gasteiger partial charge in [0.05, 0.1) is 11.8 Å². The molecular weight excluding hydrogens is 296 g/mol. The maximum Gasteiger partial charge on any atom is 0.263 e. The zero-order valence-electron chi connectivity index (χ0n) is 13.2. The van der Waals surface area contributed by atoms with E-state index in [9.17, 15) is 9.90 Å². The van der Waals surface area contributed by atoms with Crippen LogP contribution in [0.4, 0.5) is 0 Å². The van der Waals surface area contributed by atoms with Crippen LogP contribution >= 0.6 is 11.3 Å². The quantitative estimate of drug-likeness (QED) is 0.859. The molecule has 5 heteroatoms. The molecule has 118 valence electrons. The minimum absolute atomic E-state index is 0.0883. The molecule has 1 heterocycles. The predicted molar refractivity (Wildman–Crippen MR) is 90.1 cm³/mol. The van der Waals surface area contributed by atoms with Gasteiger partial charge in [0.25, 0.3) is 5.91 Å². The van der Waals surface area contributed by atoms with Crippen molar-refractivity contribution in [2.45, 2.75) is 33.3 Å². The van der Waals surface area contributed by atoms with Crippen molar-refractivity contribution in [3.05, 3.63) is 40.9 Å². The number of hydrogen-bond donors (Lipinski definition) is 2. The van der Waals surface area contributed by atoms with Gasteiger partial charge in [-0.05, 0) is 26.2 Å². The van der Waals surface area contributed by atoms with E-state index in [0.717, 1.165) is 16.3 Å². The molecule has 0 radical (unpaired) electrons. The largest absolute Gasteiger partial charge is 0.393 e. The van der Waals surface area contributed by atoms with Crippen LogP contribution in [0.2, 0.25) is 0 Å². The summed E-state index contributed by atoms with van der Waals surface area (Å²) in [7, 11) is 0. The smallest absolute Gasteiger partial charge is 0.263 e. The first-order valence-corrected chi connectivity index (χ1v) is 8.28. The molecule has 2 unspecified atom stereocenters. The molecule has 0 bridgehead atoms. The standard InChI is InChI=1S/C17H22N2O2S/c1-11(9-12(2)20)10-18-16(21)15-13(3)19-17(22-15)14-7-5-4-6-8-14/h4-8,11-12,20H,9-10H2,1-3H3,(H,18,21). The van der Waals surface area contributed by atoms with Gasteiger partial charge in [0.1, 0.15) is 9.88 Å². The Morgan fingerprint density at radius 2 is 2.00 bits per heavy atom. The van der Waals surface area contributed by atoms with E-state index in [1.54, 1.807) is 6.92 Å². The van der Waals surface area contributed by atoms with E-state index < -0.39 is 0 Å². The Kier molecular flexibility index (Phi) is 5.69. The minimum Gasteiger partial charge on any atom is -0.393 e. The maximum atomic E-state index is 12.3. The molecule has 0 saturated carbocycles. The number of aryl methyl sites for hydroxylation is 1. The van der Waals surface area contributed by atoms with Crippen LogP contribution in [-0.4, -0.2) is 28.6 Å². The van der Waals surface area contributed by atoms with Crippen molar-refractivity contribution in [1.82, 2.24) is 10.3 Å². The van der Waals surface area contributed by atoms with Gasteiger partial charge in [0.15, 0.2) is 0 Å². The first-order chi connectivity index (χ1) is 10.5. The zero-order chi connectivity index (χ0) is 16.1. The number of aliphatic hydroxyl groups excluding tert-OH is 1. The molecule has 0 aliphatic carbocycles. The van der Waals surface area contributed by atoms with Gasteiger partial charge in [-0.2, -0.15) is 0 Å². The lowest BCUT2D eigenvalue weighted by Crippen LogP contribution is -2.29. The third-order valence-electron chi connectivity index (χ3n) is 3.38. The van der Waals surface area contributed by atoms with Crippen molar-refractivity contribution >= 4 is 17.2 Å². The fourth-order valence-corrected chi connectivity index (χ4v) is 3.31. The lowest BCUT2D eigenvalue weighted by atomic mass is 10.0. The molecular formula is C17H22N2O2S. The highest BCUT2D eigenvalue weighted by Gasteiger charge is 2.17. The fourth-order valence-electron chi connectivity index (χ4n) is 2.32. The molecule has 2 N–H and O–H groups in total. The second-order valence-electron chi connectivity index (χ2n) is 5.70. The first kappa shape index (κ1) is 16.6. The average molecular weight is 318 g/mol. The van der Waals surface area contributed by atoms with Gasteiger partial charge in [-0.3, -0.25) is 4.79 Å². The van der Waals surface area contributed by atoms with E-state index in [2.05, 4.69) is 10.3 Å². The molecule has 1 amide bonds. The Balaban J connectivity index is 2.03. The van der Waals surface area contributed by atoms with Gasteiger partial charge in [-0.15, -0.1) is 11.3 Å². The topological polar surface area (TPSA) is 62.2 Å². The van der Waals surface area contributed by atoms with Crippen molar-refractivity contribution < 1.29 is 9.90 Å². The van der Waals surface area contributed by atoms with Crippen LogP contribution in [-0.2, 0) is 0 Å². The fraction of sp³-hybridized carbons (Fsp3) is 0.412. The summed E-state index contributed by atoms with van der Waals surface area (Å²) >= 11 is 1.41. The number of thiazole rings is 1. The number of aromatic nitrogens is 1. The van der Waals surface area contributed by atoms with Gasteiger partial charge in [0.2, 0.25) is 0 Å². The summed E-state index contributed by atoms with van der Waals surface area (Å²) in [4.78, 5) is 17.4. The van der Waals surface area contributed by atoms with E-state index >= 15 is 0 Å². The van der Waals surface area contributed by atoms with Crippen LogP contribution in [0.1, 0.15) is 35.6 Å². The normalized spacial score (nSPS) is 13.6. The van der Waals surface area contributed by atoms with Crippen LogP contribution in [0.3, 0.4) is 0 Å². The predicted octanol–water partition coefficient (Wildman–Crippen LogP) is 3.26. The average Bonchev–Trinajstić information content (AvgIpc) is 2.87. The molecule has 0 saturated heterocycles. The Labute approximate surface area is 135 Å². The van der Waals surface area contributed by atoms with Crippen molar-refractivity contribution in [2.75, 3.05) is 6.54 Å². The Bertz CT molecular complexity index is 623. The molecule has 2 aromatic rings. The Morgan fingerprint density at radius 1 is 1.32 bits per heavy atom. The number of amides is 1. The molecule has 1 aromatic carbocycles. The monoisotopic (exact) mass is 318 g/mol. The second-order valence-corrected chi connectivity index (χ2v) is 6.70. The highest BCUT2D eigenvalue weighted by atomic mass is 32.1. The molecule has 2 atom stereocenters. The third-order valence-corrected chi connectivity index (χ3v) is 4.58. The number of hydrogen-bond acceptors (Lipinski definition) is 4. The van der Waals surface area contributed by atoms with E-state index in [1.807, 2.05) is 44.2 Å². The number of rotatable bonds is 6. The first-order valence-electron chi connectivity index (χ1n) is 7.46. The van der Waals surface area contributed by atoms with E-state index in [1.165, 1.54) is 11.3 Å². The summed E-state index contributed by atoms with van der Waals surface area (Å²) in [5.74, 6) is 0.153. The molecule has 0 fully saturated rings. The van der Waals surface area contributed by atoms with Crippen LogP contribution in [0, 0.1) is 12.8 Å². The van der Waals surface area contributed by atoms with Gasteiger partial charge < -0.3 is 10.4 Å². The molecule has 2 rings (SSSR count). The molecule has 0 aliphatic rings. The van der Waals surface area contributed by atoms with Crippen LogP contribution in [0.15, 0.2) is 30.3 Å². The van der Waals surface area contributed by atoms with E-state index in [-0.39, 0.29) is 17.9 Å². The molecule has 4 nitrogen and oxygen atoms in total. The lowest BCUT2D eigenvalue weighted by molar-refractivity contribution is 0.0942. The number of carbonyl (C=O) groups excluding carboxylic acids is 1. The number of aliphatic hydroxyl groups is 1. The Morgan fingerprint density at radius 3 is 2.64 bits per heavy atom. The number of benzene rings is 1.